The van der Waals surface area contributed by atoms with Crippen molar-refractivity contribution in [2.45, 2.75) is 18.9 Å². The van der Waals surface area contributed by atoms with E-state index in [0.717, 1.165) is 18.6 Å². The molecular weight excluding hydrogens is 260 g/mol. The highest BCUT2D eigenvalue weighted by Gasteiger charge is 2.07. The van der Waals surface area contributed by atoms with Crippen molar-refractivity contribution in [3.63, 3.8) is 0 Å². The zero-order chi connectivity index (χ0) is 15.2. The van der Waals surface area contributed by atoms with Gasteiger partial charge in [0, 0.05) is 25.8 Å². The number of hydrogen-bond acceptors (Lipinski definition) is 3. The lowest BCUT2D eigenvalue weighted by molar-refractivity contribution is 0.414. The zero-order valence-electron chi connectivity index (χ0n) is 13.0. The SMILES string of the molecule is COc1cccc(CC(N)Cc2ccc(N(C)C)cc2)c1. The van der Waals surface area contributed by atoms with E-state index in [9.17, 15) is 0 Å². The lowest BCUT2D eigenvalue weighted by Crippen LogP contribution is -2.25. The molecule has 0 fully saturated rings. The molecule has 21 heavy (non-hydrogen) atoms. The number of nitrogens with two attached hydrogens (primary N) is 1. The summed E-state index contributed by atoms with van der Waals surface area (Å²) in [5, 5.41) is 0. The first kappa shape index (κ1) is 15.4. The zero-order valence-corrected chi connectivity index (χ0v) is 13.0. The lowest BCUT2D eigenvalue weighted by atomic mass is 9.99. The largest absolute Gasteiger partial charge is 0.497 e. The van der Waals surface area contributed by atoms with Gasteiger partial charge in [0.1, 0.15) is 5.75 Å². The summed E-state index contributed by atoms with van der Waals surface area (Å²) in [6.07, 6.45) is 1.73. The minimum absolute atomic E-state index is 0.113. The van der Waals surface area contributed by atoms with Crippen molar-refractivity contribution in [2.24, 2.45) is 5.73 Å². The lowest BCUT2D eigenvalue weighted by Gasteiger charge is -2.15. The minimum atomic E-state index is 0.113. The first-order valence-electron chi connectivity index (χ1n) is 7.23. The van der Waals surface area contributed by atoms with Crippen molar-refractivity contribution < 1.29 is 4.74 Å². The smallest absolute Gasteiger partial charge is 0.119 e. The molecule has 1 atom stereocenters. The van der Waals surface area contributed by atoms with Gasteiger partial charge in [-0.05, 0) is 48.2 Å². The van der Waals surface area contributed by atoms with E-state index in [1.54, 1.807) is 7.11 Å². The quantitative estimate of drug-likeness (QED) is 0.886. The normalized spacial score (nSPS) is 12.0. The van der Waals surface area contributed by atoms with Gasteiger partial charge in [0.25, 0.3) is 0 Å². The first-order valence-corrected chi connectivity index (χ1v) is 7.23. The van der Waals surface area contributed by atoms with E-state index in [-0.39, 0.29) is 6.04 Å². The fourth-order valence-electron chi connectivity index (χ4n) is 2.41. The van der Waals surface area contributed by atoms with Crippen LogP contribution in [-0.4, -0.2) is 27.2 Å². The summed E-state index contributed by atoms with van der Waals surface area (Å²) in [6.45, 7) is 0. The monoisotopic (exact) mass is 284 g/mol. The number of anilines is 1. The molecule has 0 aromatic heterocycles. The fourth-order valence-corrected chi connectivity index (χ4v) is 2.41. The van der Waals surface area contributed by atoms with Crippen molar-refractivity contribution in [3.05, 3.63) is 59.7 Å². The number of ether oxygens (including phenoxy) is 1. The van der Waals surface area contributed by atoms with E-state index in [2.05, 4.69) is 41.3 Å². The molecule has 0 amide bonds. The Morgan fingerprint density at radius 2 is 1.67 bits per heavy atom. The molecular formula is C18H24N2O. The second kappa shape index (κ2) is 7.14. The second-order valence-corrected chi connectivity index (χ2v) is 5.58. The molecule has 1 unspecified atom stereocenters. The van der Waals surface area contributed by atoms with Crippen molar-refractivity contribution in [1.82, 2.24) is 0 Å². The number of benzene rings is 2. The second-order valence-electron chi connectivity index (χ2n) is 5.58. The van der Waals surface area contributed by atoms with Crippen LogP contribution in [-0.2, 0) is 12.8 Å². The van der Waals surface area contributed by atoms with Crippen LogP contribution in [0.25, 0.3) is 0 Å². The van der Waals surface area contributed by atoms with Gasteiger partial charge in [0.05, 0.1) is 7.11 Å². The summed E-state index contributed by atoms with van der Waals surface area (Å²) < 4.78 is 5.24. The third-order valence-electron chi connectivity index (χ3n) is 3.58. The summed E-state index contributed by atoms with van der Waals surface area (Å²) in [4.78, 5) is 2.10. The van der Waals surface area contributed by atoms with E-state index < -0.39 is 0 Å². The molecule has 0 aliphatic carbocycles. The number of nitrogens with zero attached hydrogens (tertiary/aromatic N) is 1. The van der Waals surface area contributed by atoms with Gasteiger partial charge in [0.15, 0.2) is 0 Å². The van der Waals surface area contributed by atoms with Gasteiger partial charge in [0.2, 0.25) is 0 Å². The van der Waals surface area contributed by atoms with Crippen LogP contribution in [0.3, 0.4) is 0 Å². The van der Waals surface area contributed by atoms with Crippen molar-refractivity contribution in [1.29, 1.82) is 0 Å². The van der Waals surface area contributed by atoms with E-state index >= 15 is 0 Å². The van der Waals surface area contributed by atoms with Crippen LogP contribution < -0.4 is 15.4 Å². The summed E-state index contributed by atoms with van der Waals surface area (Å²) in [5.41, 5.74) is 9.97. The molecule has 2 aromatic rings. The number of rotatable bonds is 6. The molecule has 0 bridgehead atoms. The summed E-state index contributed by atoms with van der Waals surface area (Å²) in [6, 6.07) is 16.8. The maximum absolute atomic E-state index is 6.28. The fraction of sp³-hybridized carbons (Fsp3) is 0.333. The van der Waals surface area contributed by atoms with Gasteiger partial charge in [-0.2, -0.15) is 0 Å². The Morgan fingerprint density at radius 3 is 2.29 bits per heavy atom. The standard InChI is InChI=1S/C18H24N2O/c1-20(2)17-9-7-14(8-10-17)11-16(19)12-15-5-4-6-18(13-15)21-3/h4-10,13,16H,11-12,19H2,1-3H3. The molecule has 0 aliphatic heterocycles. The highest BCUT2D eigenvalue weighted by molar-refractivity contribution is 5.46. The topological polar surface area (TPSA) is 38.5 Å². The van der Waals surface area contributed by atoms with Crippen LogP contribution in [0.1, 0.15) is 11.1 Å². The predicted molar refractivity (Wildman–Crippen MR) is 89.1 cm³/mol. The van der Waals surface area contributed by atoms with Crippen LogP contribution in [0, 0.1) is 0 Å². The maximum Gasteiger partial charge on any atom is 0.119 e. The summed E-state index contributed by atoms with van der Waals surface area (Å²) in [7, 11) is 5.78. The minimum Gasteiger partial charge on any atom is -0.497 e. The van der Waals surface area contributed by atoms with Crippen LogP contribution in [0.2, 0.25) is 0 Å². The van der Waals surface area contributed by atoms with Crippen molar-refractivity contribution in [2.75, 3.05) is 26.1 Å². The number of hydrogen-bond donors (Lipinski definition) is 1. The molecule has 0 saturated carbocycles. The molecule has 0 heterocycles. The third-order valence-corrected chi connectivity index (χ3v) is 3.58. The Kier molecular flexibility index (Phi) is 5.23. The Hall–Kier alpha value is -2.00. The van der Waals surface area contributed by atoms with Crippen LogP contribution in [0.15, 0.2) is 48.5 Å². The van der Waals surface area contributed by atoms with Gasteiger partial charge < -0.3 is 15.4 Å². The van der Waals surface area contributed by atoms with Gasteiger partial charge in [-0.25, -0.2) is 0 Å². The highest BCUT2D eigenvalue weighted by atomic mass is 16.5. The highest BCUT2D eigenvalue weighted by Crippen LogP contribution is 2.16. The number of methoxy groups -OCH3 is 1. The van der Waals surface area contributed by atoms with Gasteiger partial charge in [-0.15, -0.1) is 0 Å². The Morgan fingerprint density at radius 1 is 1.00 bits per heavy atom. The molecule has 2 rings (SSSR count). The molecule has 112 valence electrons. The molecule has 2 N–H and O–H groups in total. The van der Waals surface area contributed by atoms with Crippen LogP contribution >= 0.6 is 0 Å². The Labute approximate surface area is 127 Å². The van der Waals surface area contributed by atoms with E-state index in [1.807, 2.05) is 26.2 Å². The van der Waals surface area contributed by atoms with E-state index in [0.29, 0.717) is 0 Å². The molecule has 3 nitrogen and oxygen atoms in total. The molecule has 0 spiro atoms. The molecule has 0 aliphatic rings. The summed E-state index contributed by atoms with van der Waals surface area (Å²) >= 11 is 0. The van der Waals surface area contributed by atoms with E-state index in [4.69, 9.17) is 10.5 Å². The van der Waals surface area contributed by atoms with Gasteiger partial charge in [-0.1, -0.05) is 24.3 Å². The maximum atomic E-state index is 6.28. The Bertz CT molecular complexity index is 564. The third kappa shape index (κ3) is 4.50. The molecule has 0 saturated heterocycles. The van der Waals surface area contributed by atoms with Crippen LogP contribution in [0.5, 0.6) is 5.75 Å². The van der Waals surface area contributed by atoms with Gasteiger partial charge in [-0.3, -0.25) is 0 Å². The van der Waals surface area contributed by atoms with Gasteiger partial charge >= 0.3 is 0 Å². The van der Waals surface area contributed by atoms with Crippen molar-refractivity contribution >= 4 is 5.69 Å². The Balaban J connectivity index is 1.95. The molecule has 3 heteroatoms. The summed E-state index contributed by atoms with van der Waals surface area (Å²) in [5.74, 6) is 0.884. The van der Waals surface area contributed by atoms with Crippen LogP contribution in [0.4, 0.5) is 5.69 Å². The molecule has 0 radical (unpaired) electrons. The first-order chi connectivity index (χ1) is 10.1. The molecule has 2 aromatic carbocycles. The van der Waals surface area contributed by atoms with Crippen molar-refractivity contribution in [3.8, 4) is 5.75 Å². The van der Waals surface area contributed by atoms with E-state index in [1.165, 1.54) is 16.8 Å². The average Bonchev–Trinajstić information content (AvgIpc) is 2.47. The predicted octanol–water partition coefficient (Wildman–Crippen LogP) is 2.87. The average molecular weight is 284 g/mol.